The maximum absolute atomic E-state index is 12.3. The van der Waals surface area contributed by atoms with Crippen molar-refractivity contribution in [1.82, 2.24) is 14.9 Å². The molecule has 0 bridgehead atoms. The molecule has 23 heavy (non-hydrogen) atoms. The Morgan fingerprint density at radius 2 is 1.91 bits per heavy atom. The van der Waals surface area contributed by atoms with Crippen LogP contribution >= 0.6 is 0 Å². The van der Waals surface area contributed by atoms with Gasteiger partial charge in [0.05, 0.1) is 17.1 Å². The average molecular weight is 305 g/mol. The van der Waals surface area contributed by atoms with Crippen LogP contribution in [0, 0.1) is 0 Å². The minimum atomic E-state index is -0.199. The molecule has 0 spiro atoms. The number of carbonyl (C=O) groups is 1. The number of aromatic nitrogens is 2. The summed E-state index contributed by atoms with van der Waals surface area (Å²) in [6, 6.07) is 17.0. The maximum atomic E-state index is 12.3. The Bertz CT molecular complexity index is 836. The number of benzene rings is 2. The van der Waals surface area contributed by atoms with Crippen molar-refractivity contribution in [2.45, 2.75) is 19.5 Å². The molecule has 1 N–H and O–H groups in total. The lowest BCUT2D eigenvalue weighted by atomic mass is 10.2. The zero-order valence-electron chi connectivity index (χ0n) is 13.1. The van der Waals surface area contributed by atoms with E-state index in [-0.39, 0.29) is 11.9 Å². The van der Waals surface area contributed by atoms with Gasteiger partial charge in [-0.15, -0.1) is 6.58 Å². The minimum Gasteiger partial charge on any atom is -0.342 e. The molecule has 2 aromatic carbocycles. The van der Waals surface area contributed by atoms with Crippen molar-refractivity contribution >= 4 is 16.9 Å². The number of hydrogen-bond donors (Lipinski definition) is 1. The summed E-state index contributed by atoms with van der Waals surface area (Å²) < 4.78 is 2.08. The van der Waals surface area contributed by atoms with Crippen molar-refractivity contribution in [1.29, 1.82) is 0 Å². The molecule has 1 unspecified atom stereocenters. The first kappa shape index (κ1) is 15.0. The Morgan fingerprint density at radius 3 is 2.65 bits per heavy atom. The Kier molecular flexibility index (Phi) is 4.24. The van der Waals surface area contributed by atoms with Gasteiger partial charge in [-0.1, -0.05) is 36.4 Å². The van der Waals surface area contributed by atoms with Gasteiger partial charge >= 0.3 is 0 Å². The lowest BCUT2D eigenvalue weighted by molar-refractivity contribution is 0.0938. The van der Waals surface area contributed by atoms with E-state index in [0.29, 0.717) is 12.1 Å². The SMILES string of the molecule is C=CCn1c(C(C)NC(=O)c2ccccc2)nc2ccccc21. The second-order valence-corrected chi connectivity index (χ2v) is 5.42. The van der Waals surface area contributed by atoms with Gasteiger partial charge in [0.15, 0.2) is 0 Å². The van der Waals surface area contributed by atoms with Crippen LogP contribution in [-0.2, 0) is 6.54 Å². The first-order valence-electron chi connectivity index (χ1n) is 7.62. The quantitative estimate of drug-likeness (QED) is 0.730. The molecule has 0 saturated heterocycles. The van der Waals surface area contributed by atoms with Crippen molar-refractivity contribution < 1.29 is 4.79 Å². The van der Waals surface area contributed by atoms with E-state index in [2.05, 4.69) is 21.4 Å². The number of hydrogen-bond acceptors (Lipinski definition) is 2. The van der Waals surface area contributed by atoms with Crippen molar-refractivity contribution in [3.8, 4) is 0 Å². The van der Waals surface area contributed by atoms with E-state index >= 15 is 0 Å². The van der Waals surface area contributed by atoms with Crippen LogP contribution in [0.4, 0.5) is 0 Å². The zero-order valence-corrected chi connectivity index (χ0v) is 13.1. The van der Waals surface area contributed by atoms with Gasteiger partial charge < -0.3 is 9.88 Å². The van der Waals surface area contributed by atoms with Crippen LogP contribution in [0.25, 0.3) is 11.0 Å². The van der Waals surface area contributed by atoms with E-state index in [1.807, 2.05) is 55.5 Å². The highest BCUT2D eigenvalue weighted by molar-refractivity contribution is 5.94. The molecule has 0 aliphatic rings. The summed E-state index contributed by atoms with van der Waals surface area (Å²) in [6.45, 7) is 6.42. The second-order valence-electron chi connectivity index (χ2n) is 5.42. The third-order valence-electron chi connectivity index (χ3n) is 3.77. The number of nitrogens with zero attached hydrogens (tertiary/aromatic N) is 2. The smallest absolute Gasteiger partial charge is 0.251 e. The number of para-hydroxylation sites is 2. The summed E-state index contributed by atoms with van der Waals surface area (Å²) in [6.07, 6.45) is 1.84. The minimum absolute atomic E-state index is 0.102. The van der Waals surface area contributed by atoms with Gasteiger partial charge in [0.25, 0.3) is 5.91 Å². The fourth-order valence-corrected chi connectivity index (χ4v) is 2.68. The van der Waals surface area contributed by atoms with Crippen molar-refractivity contribution in [2.75, 3.05) is 0 Å². The lowest BCUT2D eigenvalue weighted by Crippen LogP contribution is -2.28. The van der Waals surface area contributed by atoms with Crippen molar-refractivity contribution in [3.05, 3.63) is 78.6 Å². The van der Waals surface area contributed by atoms with Gasteiger partial charge in [0.1, 0.15) is 5.82 Å². The fraction of sp³-hybridized carbons (Fsp3) is 0.158. The molecule has 0 fully saturated rings. The highest BCUT2D eigenvalue weighted by Crippen LogP contribution is 2.21. The van der Waals surface area contributed by atoms with Crippen LogP contribution in [0.15, 0.2) is 67.3 Å². The van der Waals surface area contributed by atoms with Gasteiger partial charge in [-0.2, -0.15) is 0 Å². The number of amides is 1. The zero-order chi connectivity index (χ0) is 16.2. The van der Waals surface area contributed by atoms with E-state index in [1.54, 1.807) is 12.1 Å². The van der Waals surface area contributed by atoms with Crippen LogP contribution in [0.5, 0.6) is 0 Å². The summed E-state index contributed by atoms with van der Waals surface area (Å²) >= 11 is 0. The average Bonchev–Trinajstić information content (AvgIpc) is 2.95. The third-order valence-corrected chi connectivity index (χ3v) is 3.77. The molecule has 0 saturated carbocycles. The molecule has 1 heterocycles. The number of allylic oxidation sites excluding steroid dienone is 1. The normalized spacial score (nSPS) is 12.0. The van der Waals surface area contributed by atoms with E-state index in [0.717, 1.165) is 16.9 Å². The topological polar surface area (TPSA) is 46.9 Å². The number of rotatable bonds is 5. The van der Waals surface area contributed by atoms with Crippen LogP contribution in [-0.4, -0.2) is 15.5 Å². The molecule has 1 amide bonds. The maximum Gasteiger partial charge on any atom is 0.251 e. The Labute approximate surface area is 135 Å². The molecule has 3 aromatic rings. The van der Waals surface area contributed by atoms with E-state index in [4.69, 9.17) is 0 Å². The molecule has 0 aliphatic carbocycles. The standard InChI is InChI=1S/C19H19N3O/c1-3-13-22-17-12-8-7-11-16(17)21-18(22)14(2)20-19(23)15-9-5-4-6-10-15/h3-12,14H,1,13H2,2H3,(H,20,23). The second kappa shape index (κ2) is 6.48. The summed E-state index contributed by atoms with van der Waals surface area (Å²) in [7, 11) is 0. The third kappa shape index (κ3) is 3.01. The largest absolute Gasteiger partial charge is 0.342 e. The summed E-state index contributed by atoms with van der Waals surface area (Å²) in [5.41, 5.74) is 2.61. The monoisotopic (exact) mass is 305 g/mol. The van der Waals surface area contributed by atoms with Gasteiger partial charge in [-0.25, -0.2) is 4.98 Å². The van der Waals surface area contributed by atoms with E-state index in [1.165, 1.54) is 0 Å². The summed E-state index contributed by atoms with van der Waals surface area (Å²) in [5, 5.41) is 3.02. The Hall–Kier alpha value is -2.88. The predicted molar refractivity (Wildman–Crippen MR) is 92.3 cm³/mol. The fourth-order valence-electron chi connectivity index (χ4n) is 2.68. The van der Waals surface area contributed by atoms with Crippen LogP contribution < -0.4 is 5.32 Å². The van der Waals surface area contributed by atoms with Crippen LogP contribution in [0.3, 0.4) is 0 Å². The Morgan fingerprint density at radius 1 is 1.22 bits per heavy atom. The predicted octanol–water partition coefficient (Wildman–Crippen LogP) is 3.71. The molecule has 1 atom stereocenters. The molecule has 4 nitrogen and oxygen atoms in total. The lowest BCUT2D eigenvalue weighted by Gasteiger charge is -2.15. The van der Waals surface area contributed by atoms with Crippen LogP contribution in [0.1, 0.15) is 29.1 Å². The Balaban J connectivity index is 1.91. The first-order chi connectivity index (χ1) is 11.2. The molecular weight excluding hydrogens is 286 g/mol. The van der Waals surface area contributed by atoms with Crippen molar-refractivity contribution in [2.24, 2.45) is 0 Å². The number of imidazole rings is 1. The van der Waals surface area contributed by atoms with Crippen LogP contribution in [0.2, 0.25) is 0 Å². The van der Waals surface area contributed by atoms with Crippen molar-refractivity contribution in [3.63, 3.8) is 0 Å². The molecular formula is C19H19N3O. The number of fused-ring (bicyclic) bond motifs is 1. The molecule has 0 aliphatic heterocycles. The number of carbonyl (C=O) groups excluding carboxylic acids is 1. The molecule has 0 radical (unpaired) electrons. The molecule has 1 aromatic heterocycles. The van der Waals surface area contributed by atoms with Gasteiger partial charge in [-0.05, 0) is 31.2 Å². The van der Waals surface area contributed by atoms with E-state index in [9.17, 15) is 4.79 Å². The highest BCUT2D eigenvalue weighted by Gasteiger charge is 2.18. The first-order valence-corrected chi connectivity index (χ1v) is 7.62. The highest BCUT2D eigenvalue weighted by atomic mass is 16.1. The summed E-state index contributed by atoms with van der Waals surface area (Å²) in [5.74, 6) is 0.727. The van der Waals surface area contributed by atoms with Gasteiger partial charge in [0, 0.05) is 12.1 Å². The summed E-state index contributed by atoms with van der Waals surface area (Å²) in [4.78, 5) is 17.0. The van der Waals surface area contributed by atoms with E-state index < -0.39 is 0 Å². The molecule has 4 heteroatoms. The van der Waals surface area contributed by atoms with Gasteiger partial charge in [0.2, 0.25) is 0 Å². The van der Waals surface area contributed by atoms with Gasteiger partial charge in [-0.3, -0.25) is 4.79 Å². The molecule has 3 rings (SSSR count). The number of nitrogens with one attached hydrogen (secondary N) is 1. The molecule has 116 valence electrons.